The van der Waals surface area contributed by atoms with Gasteiger partial charge in [0.15, 0.2) is 11.5 Å². The van der Waals surface area contributed by atoms with Crippen LogP contribution in [0.1, 0.15) is 32.8 Å². The average Bonchev–Trinajstić information content (AvgIpc) is 3.15. The molecular formula is C22H25N5O. The van der Waals surface area contributed by atoms with E-state index in [4.69, 9.17) is 15.5 Å². The summed E-state index contributed by atoms with van der Waals surface area (Å²) in [5.74, 6) is 1.49. The third kappa shape index (κ3) is 3.43. The number of aromatic nitrogens is 4. The molecule has 144 valence electrons. The van der Waals surface area contributed by atoms with Crippen LogP contribution in [0.15, 0.2) is 48.7 Å². The number of hydrogen-bond donors (Lipinski definition) is 1. The molecule has 6 nitrogen and oxygen atoms in total. The topological polar surface area (TPSA) is 78.3 Å². The van der Waals surface area contributed by atoms with Crippen LogP contribution in [-0.4, -0.2) is 26.2 Å². The van der Waals surface area contributed by atoms with Crippen LogP contribution >= 0.6 is 0 Å². The van der Waals surface area contributed by atoms with Crippen LogP contribution in [0.3, 0.4) is 0 Å². The van der Waals surface area contributed by atoms with Gasteiger partial charge in [0, 0.05) is 18.1 Å². The van der Waals surface area contributed by atoms with Crippen LogP contribution in [-0.2, 0) is 6.54 Å². The zero-order valence-electron chi connectivity index (χ0n) is 16.5. The van der Waals surface area contributed by atoms with E-state index in [0.717, 1.165) is 40.0 Å². The van der Waals surface area contributed by atoms with Crippen molar-refractivity contribution in [3.8, 4) is 17.3 Å². The molecule has 0 saturated carbocycles. The minimum absolute atomic E-state index is 0.115. The fourth-order valence-corrected chi connectivity index (χ4v) is 2.97. The molecule has 28 heavy (non-hydrogen) atoms. The SMILES string of the molecule is CCC(C)(C)COc1cccc2ccc(-c3nnc4cc(CN)ccn34)nc12. The van der Waals surface area contributed by atoms with Crippen LogP contribution in [0, 0.1) is 5.41 Å². The van der Waals surface area contributed by atoms with Gasteiger partial charge in [-0.25, -0.2) is 4.98 Å². The summed E-state index contributed by atoms with van der Waals surface area (Å²) < 4.78 is 8.07. The van der Waals surface area contributed by atoms with Gasteiger partial charge in [-0.3, -0.25) is 4.40 Å². The highest BCUT2D eigenvalue weighted by atomic mass is 16.5. The molecule has 0 amide bonds. The van der Waals surface area contributed by atoms with E-state index in [1.54, 1.807) is 0 Å². The number of rotatable bonds is 6. The van der Waals surface area contributed by atoms with E-state index in [2.05, 4.69) is 31.0 Å². The molecule has 2 N–H and O–H groups in total. The molecule has 6 heteroatoms. The Hall–Kier alpha value is -2.99. The molecule has 0 spiro atoms. The summed E-state index contributed by atoms with van der Waals surface area (Å²) >= 11 is 0. The lowest BCUT2D eigenvalue weighted by molar-refractivity contribution is 0.177. The first-order valence-corrected chi connectivity index (χ1v) is 9.57. The van der Waals surface area contributed by atoms with E-state index < -0.39 is 0 Å². The van der Waals surface area contributed by atoms with E-state index in [0.29, 0.717) is 19.0 Å². The number of pyridine rings is 2. The molecule has 0 fully saturated rings. The number of ether oxygens (including phenoxy) is 1. The molecule has 0 unspecified atom stereocenters. The van der Waals surface area contributed by atoms with Crippen molar-refractivity contribution < 1.29 is 4.74 Å². The van der Waals surface area contributed by atoms with Gasteiger partial charge in [0.05, 0.1) is 6.61 Å². The van der Waals surface area contributed by atoms with E-state index in [9.17, 15) is 0 Å². The molecular weight excluding hydrogens is 350 g/mol. The highest BCUT2D eigenvalue weighted by Gasteiger charge is 2.17. The van der Waals surface area contributed by atoms with Crippen molar-refractivity contribution in [1.29, 1.82) is 0 Å². The first-order valence-electron chi connectivity index (χ1n) is 9.57. The predicted molar refractivity (Wildman–Crippen MR) is 111 cm³/mol. The fourth-order valence-electron chi connectivity index (χ4n) is 2.97. The van der Waals surface area contributed by atoms with Gasteiger partial charge in [0.2, 0.25) is 0 Å². The Morgan fingerprint density at radius 3 is 2.75 bits per heavy atom. The molecule has 3 heterocycles. The van der Waals surface area contributed by atoms with Gasteiger partial charge in [0.25, 0.3) is 0 Å². The Morgan fingerprint density at radius 2 is 1.96 bits per heavy atom. The maximum Gasteiger partial charge on any atom is 0.187 e. The minimum Gasteiger partial charge on any atom is -0.491 e. The number of hydrogen-bond acceptors (Lipinski definition) is 5. The van der Waals surface area contributed by atoms with Gasteiger partial charge in [-0.05, 0) is 41.7 Å². The highest BCUT2D eigenvalue weighted by molar-refractivity contribution is 5.86. The number of benzene rings is 1. The van der Waals surface area contributed by atoms with Crippen molar-refractivity contribution in [2.24, 2.45) is 11.1 Å². The fraction of sp³-hybridized carbons (Fsp3) is 0.318. The average molecular weight is 375 g/mol. The molecule has 4 aromatic rings. The third-order valence-electron chi connectivity index (χ3n) is 5.20. The van der Waals surface area contributed by atoms with Crippen molar-refractivity contribution in [1.82, 2.24) is 19.6 Å². The van der Waals surface area contributed by atoms with E-state index in [-0.39, 0.29) is 5.41 Å². The van der Waals surface area contributed by atoms with E-state index in [1.807, 2.05) is 53.1 Å². The van der Waals surface area contributed by atoms with E-state index >= 15 is 0 Å². The van der Waals surface area contributed by atoms with Crippen molar-refractivity contribution in [2.45, 2.75) is 33.7 Å². The van der Waals surface area contributed by atoms with Gasteiger partial charge < -0.3 is 10.5 Å². The second kappa shape index (κ2) is 7.20. The van der Waals surface area contributed by atoms with Crippen LogP contribution in [0.4, 0.5) is 0 Å². The third-order valence-corrected chi connectivity index (χ3v) is 5.20. The number of nitrogens with two attached hydrogens (primary N) is 1. The van der Waals surface area contributed by atoms with Crippen molar-refractivity contribution in [3.63, 3.8) is 0 Å². The first-order chi connectivity index (χ1) is 13.5. The zero-order valence-corrected chi connectivity index (χ0v) is 16.5. The molecule has 3 aromatic heterocycles. The summed E-state index contributed by atoms with van der Waals surface area (Å²) in [7, 11) is 0. The summed E-state index contributed by atoms with van der Waals surface area (Å²) in [6.07, 6.45) is 2.98. The Kier molecular flexibility index (Phi) is 4.73. The molecule has 0 radical (unpaired) electrons. The first kappa shape index (κ1) is 18.4. The number of fused-ring (bicyclic) bond motifs is 2. The van der Waals surface area contributed by atoms with Gasteiger partial charge in [-0.15, -0.1) is 10.2 Å². The maximum atomic E-state index is 6.15. The van der Waals surface area contributed by atoms with Crippen LogP contribution in [0.25, 0.3) is 28.1 Å². The molecule has 0 aliphatic heterocycles. The van der Waals surface area contributed by atoms with Gasteiger partial charge in [-0.2, -0.15) is 0 Å². The lowest BCUT2D eigenvalue weighted by Gasteiger charge is -2.23. The molecule has 0 saturated heterocycles. The lowest BCUT2D eigenvalue weighted by Crippen LogP contribution is -2.20. The summed E-state index contributed by atoms with van der Waals surface area (Å²) in [6.45, 7) is 7.70. The molecule has 0 aliphatic carbocycles. The summed E-state index contributed by atoms with van der Waals surface area (Å²) in [5.41, 5.74) is 9.21. The van der Waals surface area contributed by atoms with Crippen LogP contribution in [0.5, 0.6) is 5.75 Å². The minimum atomic E-state index is 0.115. The monoisotopic (exact) mass is 375 g/mol. The summed E-state index contributed by atoms with van der Waals surface area (Å²) in [6, 6.07) is 13.9. The molecule has 4 rings (SSSR count). The number of para-hydroxylation sites is 1. The van der Waals surface area contributed by atoms with Crippen molar-refractivity contribution in [3.05, 3.63) is 54.2 Å². The van der Waals surface area contributed by atoms with Crippen LogP contribution < -0.4 is 10.5 Å². The Morgan fingerprint density at radius 1 is 1.11 bits per heavy atom. The van der Waals surface area contributed by atoms with Gasteiger partial charge >= 0.3 is 0 Å². The van der Waals surface area contributed by atoms with Gasteiger partial charge in [-0.1, -0.05) is 39.0 Å². The van der Waals surface area contributed by atoms with Crippen LogP contribution in [0.2, 0.25) is 0 Å². The van der Waals surface area contributed by atoms with Gasteiger partial charge in [0.1, 0.15) is 17.0 Å². The lowest BCUT2D eigenvalue weighted by atomic mass is 9.92. The summed E-state index contributed by atoms with van der Waals surface area (Å²) in [5, 5.41) is 9.65. The summed E-state index contributed by atoms with van der Waals surface area (Å²) in [4.78, 5) is 4.86. The quantitative estimate of drug-likeness (QED) is 0.546. The van der Waals surface area contributed by atoms with E-state index in [1.165, 1.54) is 0 Å². The zero-order chi connectivity index (χ0) is 19.7. The second-order valence-corrected chi connectivity index (χ2v) is 7.82. The molecule has 0 atom stereocenters. The predicted octanol–water partition coefficient (Wildman–Crippen LogP) is 4.22. The van der Waals surface area contributed by atoms with Crippen molar-refractivity contribution in [2.75, 3.05) is 6.61 Å². The molecule has 0 bridgehead atoms. The second-order valence-electron chi connectivity index (χ2n) is 7.82. The molecule has 1 aromatic carbocycles. The smallest absolute Gasteiger partial charge is 0.187 e. The number of nitrogens with zero attached hydrogens (tertiary/aromatic N) is 4. The Bertz CT molecular complexity index is 1130. The normalized spacial score (nSPS) is 12.0. The largest absolute Gasteiger partial charge is 0.491 e. The Labute approximate surface area is 164 Å². The van der Waals surface area contributed by atoms with Crippen molar-refractivity contribution >= 4 is 16.6 Å². The highest BCUT2D eigenvalue weighted by Crippen LogP contribution is 2.29. The Balaban J connectivity index is 1.76. The molecule has 0 aliphatic rings. The maximum absolute atomic E-state index is 6.15. The standard InChI is InChI=1S/C22H25N5O/c1-4-22(2,3)14-28-18-7-5-6-16-8-9-17(24-20(16)18)21-26-25-19-12-15(13-23)10-11-27(19)21/h5-12H,4,13-14,23H2,1-3H3.